The van der Waals surface area contributed by atoms with Crippen molar-refractivity contribution in [3.63, 3.8) is 0 Å². The highest BCUT2D eigenvalue weighted by molar-refractivity contribution is 14.1. The molecule has 0 bridgehead atoms. The van der Waals surface area contributed by atoms with Gasteiger partial charge in [-0.25, -0.2) is 9.69 Å². The summed E-state index contributed by atoms with van der Waals surface area (Å²) in [4.78, 5) is 51.7. The van der Waals surface area contributed by atoms with Gasteiger partial charge in [0.05, 0.1) is 27.1 Å². The van der Waals surface area contributed by atoms with Crippen LogP contribution in [0.1, 0.15) is 11.1 Å². The fraction of sp³-hybridized carbons (Fsp3) is 0.111. The molecule has 0 atom stereocenters. The monoisotopic (exact) mass is 679 g/mol. The summed E-state index contributed by atoms with van der Waals surface area (Å²) >= 11 is 14.2. The molecule has 2 N–H and O–H groups in total. The molecule has 0 aliphatic carbocycles. The molecule has 1 fully saturated rings. The second-order valence-corrected chi connectivity index (χ2v) is 10.2. The molecule has 5 amide bonds. The summed E-state index contributed by atoms with van der Waals surface area (Å²) in [7, 11) is 1.42. The molecule has 3 aromatic carbocycles. The molecule has 3 aromatic rings. The van der Waals surface area contributed by atoms with Crippen molar-refractivity contribution >= 4 is 87.0 Å². The molecule has 1 aliphatic heterocycles. The number of hydrogen-bond donors (Lipinski definition) is 2. The van der Waals surface area contributed by atoms with Gasteiger partial charge in [-0.15, -0.1) is 0 Å². The summed E-state index contributed by atoms with van der Waals surface area (Å²) in [6.45, 7) is 1.34. The van der Waals surface area contributed by atoms with Crippen LogP contribution in [0, 0.1) is 10.5 Å². The SMILES string of the molecule is COc1cc(/C=C2/C(=O)NC(=O)N(c3cccc(Cl)c3C)C2=O)cc(I)c1OCC(=O)Nc1ccccc1Cl. The molecule has 200 valence electrons. The zero-order valence-corrected chi connectivity index (χ0v) is 24.2. The van der Waals surface area contributed by atoms with Crippen LogP contribution in [0.3, 0.4) is 0 Å². The van der Waals surface area contributed by atoms with Crippen LogP contribution in [-0.2, 0) is 14.4 Å². The van der Waals surface area contributed by atoms with Crippen molar-refractivity contribution in [3.8, 4) is 11.5 Å². The van der Waals surface area contributed by atoms with Crippen LogP contribution in [0.4, 0.5) is 16.2 Å². The topological polar surface area (TPSA) is 114 Å². The van der Waals surface area contributed by atoms with Crippen molar-refractivity contribution in [2.45, 2.75) is 6.92 Å². The number of urea groups is 1. The van der Waals surface area contributed by atoms with Crippen LogP contribution in [0.2, 0.25) is 10.0 Å². The normalized spacial score (nSPS) is 14.3. The van der Waals surface area contributed by atoms with E-state index in [1.165, 1.54) is 13.2 Å². The third kappa shape index (κ3) is 6.18. The number of anilines is 2. The van der Waals surface area contributed by atoms with Gasteiger partial charge in [-0.3, -0.25) is 19.7 Å². The number of barbiturate groups is 1. The van der Waals surface area contributed by atoms with Gasteiger partial charge in [-0.1, -0.05) is 41.4 Å². The lowest BCUT2D eigenvalue weighted by molar-refractivity contribution is -0.122. The third-order valence-corrected chi connectivity index (χ3v) is 7.18. The lowest BCUT2D eigenvalue weighted by Gasteiger charge is -2.27. The predicted molar refractivity (Wildman–Crippen MR) is 156 cm³/mol. The molecule has 39 heavy (non-hydrogen) atoms. The highest BCUT2D eigenvalue weighted by Crippen LogP contribution is 2.35. The number of amides is 5. The van der Waals surface area contributed by atoms with Gasteiger partial charge in [-0.2, -0.15) is 0 Å². The van der Waals surface area contributed by atoms with Gasteiger partial charge in [0.1, 0.15) is 5.57 Å². The second-order valence-electron chi connectivity index (χ2n) is 8.19. The minimum atomic E-state index is -0.876. The fourth-order valence-corrected chi connectivity index (χ4v) is 4.86. The van der Waals surface area contributed by atoms with Crippen molar-refractivity contribution in [2.24, 2.45) is 0 Å². The van der Waals surface area contributed by atoms with Crippen LogP contribution in [-0.4, -0.2) is 37.5 Å². The Hall–Kier alpha value is -3.61. The van der Waals surface area contributed by atoms with Crippen LogP contribution >= 0.6 is 45.8 Å². The molecule has 0 unspecified atom stereocenters. The molecule has 9 nitrogen and oxygen atoms in total. The maximum atomic E-state index is 13.3. The summed E-state index contributed by atoms with van der Waals surface area (Å²) in [5.74, 6) is -1.52. The molecular formula is C27H20Cl2IN3O6. The van der Waals surface area contributed by atoms with Crippen molar-refractivity contribution < 1.29 is 28.7 Å². The van der Waals surface area contributed by atoms with Gasteiger partial charge in [-0.05, 0) is 83.1 Å². The lowest BCUT2D eigenvalue weighted by atomic mass is 10.1. The summed E-state index contributed by atoms with van der Waals surface area (Å²) in [5, 5.41) is 5.62. The van der Waals surface area contributed by atoms with Crippen molar-refractivity contribution in [1.29, 1.82) is 0 Å². The first kappa shape index (κ1) is 28.4. The maximum Gasteiger partial charge on any atom is 0.335 e. The fourth-order valence-electron chi connectivity index (χ4n) is 3.73. The van der Waals surface area contributed by atoms with Crippen LogP contribution in [0.15, 0.2) is 60.2 Å². The van der Waals surface area contributed by atoms with Crippen molar-refractivity contribution in [2.75, 3.05) is 23.9 Å². The Labute approximate surface area is 247 Å². The van der Waals surface area contributed by atoms with E-state index >= 15 is 0 Å². The molecule has 1 saturated heterocycles. The van der Waals surface area contributed by atoms with E-state index in [0.717, 1.165) is 4.90 Å². The average Bonchev–Trinajstić information content (AvgIpc) is 2.89. The zero-order valence-electron chi connectivity index (χ0n) is 20.5. The quantitative estimate of drug-likeness (QED) is 0.191. The number of benzene rings is 3. The number of methoxy groups -OCH3 is 1. The minimum Gasteiger partial charge on any atom is -0.493 e. The molecule has 1 heterocycles. The highest BCUT2D eigenvalue weighted by Gasteiger charge is 2.37. The Kier molecular flexibility index (Phi) is 8.78. The second kappa shape index (κ2) is 12.1. The van der Waals surface area contributed by atoms with E-state index in [0.29, 0.717) is 36.2 Å². The maximum absolute atomic E-state index is 13.3. The van der Waals surface area contributed by atoms with Gasteiger partial charge in [0, 0.05) is 5.02 Å². The number of halogens is 3. The van der Waals surface area contributed by atoms with Gasteiger partial charge in [0.2, 0.25) is 0 Å². The Morgan fingerprint density at radius 1 is 1.08 bits per heavy atom. The van der Waals surface area contributed by atoms with Crippen LogP contribution in [0.5, 0.6) is 11.5 Å². The molecular weight excluding hydrogens is 660 g/mol. The summed E-state index contributed by atoms with van der Waals surface area (Å²) in [6, 6.07) is 13.9. The van der Waals surface area contributed by atoms with E-state index < -0.39 is 23.8 Å². The molecule has 12 heteroatoms. The van der Waals surface area contributed by atoms with E-state index in [1.54, 1.807) is 61.5 Å². The number of rotatable bonds is 7. The minimum absolute atomic E-state index is 0.259. The van der Waals surface area contributed by atoms with E-state index in [2.05, 4.69) is 10.6 Å². The summed E-state index contributed by atoms with van der Waals surface area (Å²) in [6.07, 6.45) is 1.34. The number of carbonyl (C=O) groups excluding carboxylic acids is 4. The number of hydrogen-bond acceptors (Lipinski definition) is 6. The third-order valence-electron chi connectivity index (χ3n) is 5.64. The van der Waals surface area contributed by atoms with E-state index in [-0.39, 0.29) is 23.6 Å². The summed E-state index contributed by atoms with van der Waals surface area (Å²) in [5.41, 5.74) is 1.38. The zero-order chi connectivity index (χ0) is 28.3. The predicted octanol–water partition coefficient (Wildman–Crippen LogP) is 5.60. The number of nitrogens with zero attached hydrogens (tertiary/aromatic N) is 1. The largest absolute Gasteiger partial charge is 0.493 e. The Morgan fingerprint density at radius 2 is 1.79 bits per heavy atom. The van der Waals surface area contributed by atoms with Gasteiger partial charge in [0.25, 0.3) is 17.7 Å². The molecule has 1 aliphatic rings. The smallest absolute Gasteiger partial charge is 0.335 e. The van der Waals surface area contributed by atoms with Gasteiger partial charge < -0.3 is 14.8 Å². The van der Waals surface area contributed by atoms with E-state index in [9.17, 15) is 19.2 Å². The summed E-state index contributed by atoms with van der Waals surface area (Å²) < 4.78 is 11.7. The molecule has 0 saturated carbocycles. The number of ether oxygens (including phenoxy) is 2. The van der Waals surface area contributed by atoms with E-state index in [1.807, 2.05) is 22.6 Å². The number of para-hydroxylation sites is 1. The lowest BCUT2D eigenvalue weighted by Crippen LogP contribution is -2.54. The van der Waals surface area contributed by atoms with Gasteiger partial charge in [0.15, 0.2) is 18.1 Å². The average molecular weight is 680 g/mol. The number of imide groups is 2. The standard InChI is InChI=1S/C27H20Cl2IN3O6/c1-14-17(28)7-5-9-21(14)33-26(36)16(25(35)32-27(33)37)10-15-11-19(30)24(22(12-15)38-2)39-13-23(34)31-20-8-4-3-6-18(20)29/h3-12H,13H2,1-2H3,(H,31,34)(H,32,35,37)/b16-10-. The molecule has 0 aromatic heterocycles. The Bertz CT molecular complexity index is 1540. The molecule has 4 rings (SSSR count). The molecule has 0 radical (unpaired) electrons. The highest BCUT2D eigenvalue weighted by atomic mass is 127. The number of carbonyl (C=O) groups is 4. The Balaban J connectivity index is 1.58. The Morgan fingerprint density at radius 3 is 2.51 bits per heavy atom. The number of nitrogens with one attached hydrogen (secondary N) is 2. The van der Waals surface area contributed by atoms with Crippen LogP contribution in [0.25, 0.3) is 6.08 Å². The van der Waals surface area contributed by atoms with Crippen molar-refractivity contribution in [1.82, 2.24) is 5.32 Å². The molecule has 0 spiro atoms. The van der Waals surface area contributed by atoms with E-state index in [4.69, 9.17) is 32.7 Å². The first-order valence-electron chi connectivity index (χ1n) is 11.3. The van der Waals surface area contributed by atoms with Gasteiger partial charge >= 0.3 is 6.03 Å². The first-order valence-corrected chi connectivity index (χ1v) is 13.2. The van der Waals surface area contributed by atoms with Crippen molar-refractivity contribution in [3.05, 3.63) is 84.9 Å². The first-order chi connectivity index (χ1) is 18.6. The van der Waals surface area contributed by atoms with Crippen LogP contribution < -0.4 is 25.0 Å².